The van der Waals surface area contributed by atoms with Crippen molar-refractivity contribution in [3.63, 3.8) is 0 Å². The number of fused-ring (bicyclic) bond motifs is 3. The quantitative estimate of drug-likeness (QED) is 0.605. The molecule has 2 unspecified atom stereocenters. The standard InChI is InChI=1S/C12H17N3O/c1-12(2,3)13-11(16)10-8-5-6-4-7(6)9(8)14-15-10/h5,7,9,14-15H,4H2,1-3H3,(H,13,16). The van der Waals surface area contributed by atoms with Gasteiger partial charge in [0.2, 0.25) is 0 Å². The van der Waals surface area contributed by atoms with Crippen molar-refractivity contribution in [3.05, 3.63) is 22.9 Å². The van der Waals surface area contributed by atoms with E-state index in [0.717, 1.165) is 5.57 Å². The molecule has 1 heterocycles. The van der Waals surface area contributed by atoms with E-state index in [4.69, 9.17) is 0 Å². The number of carbonyl (C=O) groups is 1. The highest BCUT2D eigenvalue weighted by molar-refractivity contribution is 5.95. The molecule has 2 aliphatic carbocycles. The normalized spacial score (nSPS) is 30.6. The summed E-state index contributed by atoms with van der Waals surface area (Å²) in [6.45, 7) is 5.96. The van der Waals surface area contributed by atoms with Crippen LogP contribution in [0.15, 0.2) is 22.9 Å². The smallest absolute Gasteiger partial charge is 0.269 e. The van der Waals surface area contributed by atoms with Crippen molar-refractivity contribution in [3.8, 4) is 0 Å². The molecule has 4 nitrogen and oxygen atoms in total. The third-order valence-corrected chi connectivity index (χ3v) is 3.21. The van der Waals surface area contributed by atoms with Crippen molar-refractivity contribution in [2.45, 2.75) is 38.8 Å². The summed E-state index contributed by atoms with van der Waals surface area (Å²) in [4.78, 5) is 12.0. The van der Waals surface area contributed by atoms with Gasteiger partial charge < -0.3 is 10.7 Å². The molecule has 3 aliphatic rings. The molecule has 1 saturated carbocycles. The predicted octanol–water partition coefficient (Wildman–Crippen LogP) is 0.592. The van der Waals surface area contributed by atoms with E-state index in [-0.39, 0.29) is 11.4 Å². The lowest BCUT2D eigenvalue weighted by molar-refractivity contribution is -0.119. The van der Waals surface area contributed by atoms with Crippen LogP contribution in [0.4, 0.5) is 0 Å². The first kappa shape index (κ1) is 9.90. The largest absolute Gasteiger partial charge is 0.346 e. The van der Waals surface area contributed by atoms with Crippen LogP contribution in [0, 0.1) is 5.92 Å². The Labute approximate surface area is 95.1 Å². The second-order valence-corrected chi connectivity index (χ2v) is 5.81. The van der Waals surface area contributed by atoms with Crippen molar-refractivity contribution in [1.82, 2.24) is 16.2 Å². The maximum absolute atomic E-state index is 12.0. The van der Waals surface area contributed by atoms with E-state index in [2.05, 4.69) is 22.2 Å². The van der Waals surface area contributed by atoms with Gasteiger partial charge in [-0.1, -0.05) is 11.6 Å². The topological polar surface area (TPSA) is 53.2 Å². The molecule has 0 aromatic rings. The van der Waals surface area contributed by atoms with Crippen LogP contribution in [0.25, 0.3) is 0 Å². The van der Waals surface area contributed by atoms with Gasteiger partial charge in [0.1, 0.15) is 5.70 Å². The fourth-order valence-electron chi connectivity index (χ4n) is 2.42. The van der Waals surface area contributed by atoms with Gasteiger partial charge >= 0.3 is 0 Å². The summed E-state index contributed by atoms with van der Waals surface area (Å²) in [5.74, 6) is 0.623. The van der Waals surface area contributed by atoms with Crippen molar-refractivity contribution in [2.24, 2.45) is 5.92 Å². The van der Waals surface area contributed by atoms with Crippen LogP contribution in [0.3, 0.4) is 0 Å². The van der Waals surface area contributed by atoms with Crippen molar-refractivity contribution in [1.29, 1.82) is 0 Å². The molecule has 1 fully saturated rings. The Balaban J connectivity index is 1.83. The molecule has 0 saturated heterocycles. The first-order valence-corrected chi connectivity index (χ1v) is 5.74. The van der Waals surface area contributed by atoms with Crippen LogP contribution < -0.4 is 16.2 Å². The van der Waals surface area contributed by atoms with Gasteiger partial charge in [0.25, 0.3) is 5.91 Å². The SMILES string of the molecule is CC(C)(C)NC(=O)C1=C2C=C3CC3C2NN1. The lowest BCUT2D eigenvalue weighted by Gasteiger charge is -2.21. The van der Waals surface area contributed by atoms with Crippen molar-refractivity contribution < 1.29 is 4.79 Å². The predicted molar refractivity (Wildman–Crippen MR) is 61.2 cm³/mol. The van der Waals surface area contributed by atoms with Crippen molar-refractivity contribution >= 4 is 5.91 Å². The Kier molecular flexibility index (Phi) is 1.79. The Morgan fingerprint density at radius 1 is 1.50 bits per heavy atom. The summed E-state index contributed by atoms with van der Waals surface area (Å²) in [5.41, 5.74) is 9.31. The molecule has 2 atom stereocenters. The summed E-state index contributed by atoms with van der Waals surface area (Å²) in [6.07, 6.45) is 3.36. The number of carbonyl (C=O) groups excluding carboxylic acids is 1. The van der Waals surface area contributed by atoms with Crippen LogP contribution in [0.1, 0.15) is 27.2 Å². The zero-order valence-electron chi connectivity index (χ0n) is 9.85. The summed E-state index contributed by atoms with van der Waals surface area (Å²) in [5, 5.41) is 2.97. The van der Waals surface area contributed by atoms with Crippen LogP contribution in [0.5, 0.6) is 0 Å². The number of hydrazine groups is 1. The molecule has 1 aliphatic heterocycles. The zero-order valence-corrected chi connectivity index (χ0v) is 9.85. The summed E-state index contributed by atoms with van der Waals surface area (Å²) < 4.78 is 0. The molecule has 4 heteroatoms. The minimum Gasteiger partial charge on any atom is -0.346 e. The lowest BCUT2D eigenvalue weighted by Crippen LogP contribution is -2.44. The second kappa shape index (κ2) is 2.88. The molecule has 3 N–H and O–H groups in total. The van der Waals surface area contributed by atoms with E-state index < -0.39 is 0 Å². The van der Waals surface area contributed by atoms with Gasteiger partial charge in [0, 0.05) is 17.0 Å². The number of amides is 1. The van der Waals surface area contributed by atoms with Gasteiger partial charge in [0.15, 0.2) is 0 Å². The number of hydrogen-bond donors (Lipinski definition) is 3. The fourth-order valence-corrected chi connectivity index (χ4v) is 2.42. The molecular formula is C12H17N3O. The lowest BCUT2D eigenvalue weighted by atomic mass is 10.1. The minimum absolute atomic E-state index is 0.0179. The van der Waals surface area contributed by atoms with Gasteiger partial charge in [-0.25, -0.2) is 5.43 Å². The van der Waals surface area contributed by atoms with Gasteiger partial charge in [0.05, 0.1) is 6.04 Å². The van der Waals surface area contributed by atoms with E-state index in [1.165, 1.54) is 12.0 Å². The highest BCUT2D eigenvalue weighted by atomic mass is 16.2. The number of rotatable bonds is 1. The summed E-state index contributed by atoms with van der Waals surface area (Å²) >= 11 is 0. The average molecular weight is 219 g/mol. The van der Waals surface area contributed by atoms with E-state index in [1.54, 1.807) is 0 Å². The highest BCUT2D eigenvalue weighted by Gasteiger charge is 2.48. The molecular weight excluding hydrogens is 202 g/mol. The Morgan fingerprint density at radius 2 is 2.25 bits per heavy atom. The molecule has 0 bridgehead atoms. The van der Waals surface area contributed by atoms with E-state index in [9.17, 15) is 4.79 Å². The third kappa shape index (κ3) is 1.45. The molecule has 1 amide bonds. The van der Waals surface area contributed by atoms with Crippen LogP contribution in [-0.4, -0.2) is 17.5 Å². The highest BCUT2D eigenvalue weighted by Crippen LogP contribution is 2.50. The molecule has 86 valence electrons. The summed E-state index contributed by atoms with van der Waals surface area (Å²) in [6, 6.07) is 0.329. The number of hydrogen-bond acceptors (Lipinski definition) is 3. The molecule has 16 heavy (non-hydrogen) atoms. The second-order valence-electron chi connectivity index (χ2n) is 5.81. The van der Waals surface area contributed by atoms with E-state index in [1.807, 2.05) is 20.8 Å². The molecule has 3 rings (SSSR count). The maximum atomic E-state index is 12.0. The fraction of sp³-hybridized carbons (Fsp3) is 0.583. The minimum atomic E-state index is -0.195. The molecule has 0 spiro atoms. The zero-order chi connectivity index (χ0) is 11.5. The molecule has 0 radical (unpaired) electrons. The molecule has 0 aromatic carbocycles. The Morgan fingerprint density at radius 3 is 2.94 bits per heavy atom. The monoisotopic (exact) mass is 219 g/mol. The third-order valence-electron chi connectivity index (χ3n) is 3.21. The maximum Gasteiger partial charge on any atom is 0.269 e. The first-order chi connectivity index (χ1) is 7.46. The number of nitrogens with one attached hydrogen (secondary N) is 3. The van der Waals surface area contributed by atoms with Crippen molar-refractivity contribution in [2.75, 3.05) is 0 Å². The van der Waals surface area contributed by atoms with Crippen LogP contribution >= 0.6 is 0 Å². The first-order valence-electron chi connectivity index (χ1n) is 5.74. The summed E-state index contributed by atoms with van der Waals surface area (Å²) in [7, 11) is 0. The van der Waals surface area contributed by atoms with E-state index in [0.29, 0.717) is 17.7 Å². The van der Waals surface area contributed by atoms with Gasteiger partial charge in [-0.05, 0) is 27.2 Å². The Hall–Kier alpha value is -1.29. The average Bonchev–Trinajstić information content (AvgIpc) is 2.64. The van der Waals surface area contributed by atoms with Gasteiger partial charge in [-0.3, -0.25) is 4.79 Å². The molecule has 0 aromatic heterocycles. The van der Waals surface area contributed by atoms with E-state index >= 15 is 0 Å². The Bertz CT molecular complexity index is 428. The van der Waals surface area contributed by atoms with Crippen LogP contribution in [-0.2, 0) is 4.79 Å². The van der Waals surface area contributed by atoms with Gasteiger partial charge in [-0.2, -0.15) is 0 Å². The van der Waals surface area contributed by atoms with Gasteiger partial charge in [-0.15, -0.1) is 0 Å². The van der Waals surface area contributed by atoms with Crippen LogP contribution in [0.2, 0.25) is 0 Å².